The summed E-state index contributed by atoms with van der Waals surface area (Å²) >= 11 is 1.72. The second-order valence-electron chi connectivity index (χ2n) is 9.33. The maximum Gasteiger partial charge on any atom is 0.245 e. The SMILES string of the molecule is CSCCC(NC(=O)C1CCC(C(C)C)CC1)C(=O)N1CC=C(c2ccccc2)CC1. The molecule has 0 spiro atoms. The number of nitrogens with one attached hydrogen (secondary N) is 1. The predicted octanol–water partition coefficient (Wildman–Crippen LogP) is 5.00. The molecule has 1 fully saturated rings. The molecule has 1 aromatic carbocycles. The highest BCUT2D eigenvalue weighted by atomic mass is 32.2. The average Bonchev–Trinajstić information content (AvgIpc) is 2.82. The summed E-state index contributed by atoms with van der Waals surface area (Å²) in [6.45, 7) is 5.88. The van der Waals surface area contributed by atoms with Gasteiger partial charge in [-0.1, -0.05) is 50.3 Å². The summed E-state index contributed by atoms with van der Waals surface area (Å²) in [6.07, 6.45) is 9.91. The van der Waals surface area contributed by atoms with Gasteiger partial charge in [0, 0.05) is 19.0 Å². The van der Waals surface area contributed by atoms with Gasteiger partial charge in [-0.15, -0.1) is 0 Å². The van der Waals surface area contributed by atoms with Crippen LogP contribution in [-0.2, 0) is 9.59 Å². The van der Waals surface area contributed by atoms with Crippen LogP contribution in [0.15, 0.2) is 36.4 Å². The molecule has 1 saturated carbocycles. The van der Waals surface area contributed by atoms with Crippen LogP contribution in [-0.4, -0.2) is 47.9 Å². The van der Waals surface area contributed by atoms with Crippen molar-refractivity contribution in [3.8, 4) is 0 Å². The summed E-state index contributed by atoms with van der Waals surface area (Å²) in [5.74, 6) is 2.51. The molecule has 2 amide bonds. The molecule has 5 heteroatoms. The van der Waals surface area contributed by atoms with Gasteiger partial charge in [-0.2, -0.15) is 11.8 Å². The fourth-order valence-electron chi connectivity index (χ4n) is 4.83. The average molecular weight is 443 g/mol. The first-order chi connectivity index (χ1) is 15.0. The minimum absolute atomic E-state index is 0.0607. The molecule has 0 bridgehead atoms. The maximum atomic E-state index is 13.3. The van der Waals surface area contributed by atoms with Gasteiger partial charge in [0.05, 0.1) is 0 Å². The summed E-state index contributed by atoms with van der Waals surface area (Å²) in [6, 6.07) is 9.97. The summed E-state index contributed by atoms with van der Waals surface area (Å²) < 4.78 is 0. The van der Waals surface area contributed by atoms with Crippen LogP contribution in [0.2, 0.25) is 0 Å². The maximum absolute atomic E-state index is 13.3. The van der Waals surface area contributed by atoms with Gasteiger partial charge >= 0.3 is 0 Å². The third-order valence-corrected chi connectivity index (χ3v) is 7.62. The van der Waals surface area contributed by atoms with E-state index in [4.69, 9.17) is 0 Å². The Morgan fingerprint density at radius 3 is 2.42 bits per heavy atom. The lowest BCUT2D eigenvalue weighted by molar-refractivity contribution is -0.137. The Morgan fingerprint density at radius 2 is 1.84 bits per heavy atom. The number of nitrogens with zero attached hydrogens (tertiary/aromatic N) is 1. The number of hydrogen-bond acceptors (Lipinski definition) is 3. The molecule has 1 heterocycles. The zero-order valence-corrected chi connectivity index (χ0v) is 20.1. The van der Waals surface area contributed by atoms with Gasteiger partial charge < -0.3 is 10.2 Å². The molecule has 1 aliphatic heterocycles. The van der Waals surface area contributed by atoms with E-state index < -0.39 is 6.04 Å². The van der Waals surface area contributed by atoms with Crippen LogP contribution in [0.25, 0.3) is 5.57 Å². The van der Waals surface area contributed by atoms with Crippen molar-refractivity contribution in [2.24, 2.45) is 17.8 Å². The first kappa shape index (κ1) is 23.9. The Morgan fingerprint density at radius 1 is 1.13 bits per heavy atom. The van der Waals surface area contributed by atoms with Crippen LogP contribution in [0.3, 0.4) is 0 Å². The Hall–Kier alpha value is -1.75. The molecule has 4 nitrogen and oxygen atoms in total. The number of benzene rings is 1. The molecule has 170 valence electrons. The second-order valence-corrected chi connectivity index (χ2v) is 10.3. The molecule has 31 heavy (non-hydrogen) atoms. The van der Waals surface area contributed by atoms with Gasteiger partial charge in [0.1, 0.15) is 6.04 Å². The summed E-state index contributed by atoms with van der Waals surface area (Å²) in [4.78, 5) is 28.2. The van der Waals surface area contributed by atoms with E-state index in [0.29, 0.717) is 25.4 Å². The lowest BCUT2D eigenvalue weighted by atomic mass is 9.76. The van der Waals surface area contributed by atoms with Crippen LogP contribution in [0.1, 0.15) is 57.9 Å². The van der Waals surface area contributed by atoms with E-state index in [1.165, 1.54) is 11.1 Å². The van der Waals surface area contributed by atoms with E-state index in [1.54, 1.807) is 11.8 Å². The fourth-order valence-corrected chi connectivity index (χ4v) is 5.31. The van der Waals surface area contributed by atoms with Crippen molar-refractivity contribution >= 4 is 29.1 Å². The lowest BCUT2D eigenvalue weighted by Crippen LogP contribution is -2.51. The molecular weight excluding hydrogens is 404 g/mol. The second kappa shape index (κ2) is 11.8. The monoisotopic (exact) mass is 442 g/mol. The molecule has 0 saturated heterocycles. The third kappa shape index (κ3) is 6.61. The predicted molar refractivity (Wildman–Crippen MR) is 131 cm³/mol. The minimum atomic E-state index is -0.408. The van der Waals surface area contributed by atoms with Gasteiger partial charge in [0.15, 0.2) is 0 Å². The van der Waals surface area contributed by atoms with Crippen LogP contribution in [0, 0.1) is 17.8 Å². The molecular formula is C26H38N2O2S. The summed E-state index contributed by atoms with van der Waals surface area (Å²) in [7, 11) is 0. The van der Waals surface area contributed by atoms with Gasteiger partial charge in [0.2, 0.25) is 11.8 Å². The Kier molecular flexibility index (Phi) is 9.06. The topological polar surface area (TPSA) is 49.4 Å². The van der Waals surface area contributed by atoms with E-state index in [1.807, 2.05) is 17.2 Å². The number of rotatable bonds is 8. The van der Waals surface area contributed by atoms with E-state index in [2.05, 4.69) is 49.5 Å². The first-order valence-electron chi connectivity index (χ1n) is 11.8. The smallest absolute Gasteiger partial charge is 0.245 e. The minimum Gasteiger partial charge on any atom is -0.344 e. The van der Waals surface area contributed by atoms with E-state index in [0.717, 1.165) is 43.8 Å². The van der Waals surface area contributed by atoms with Crippen molar-refractivity contribution in [3.63, 3.8) is 0 Å². The van der Waals surface area contributed by atoms with E-state index in [-0.39, 0.29) is 17.7 Å². The van der Waals surface area contributed by atoms with Crippen LogP contribution < -0.4 is 5.32 Å². The van der Waals surface area contributed by atoms with Crippen LogP contribution >= 0.6 is 11.8 Å². The molecule has 1 unspecified atom stereocenters. The van der Waals surface area contributed by atoms with Gasteiger partial charge in [0.25, 0.3) is 0 Å². The molecule has 0 aromatic heterocycles. The third-order valence-electron chi connectivity index (χ3n) is 6.98. The van der Waals surface area contributed by atoms with Crippen LogP contribution in [0.5, 0.6) is 0 Å². The lowest BCUT2D eigenvalue weighted by Gasteiger charge is -2.33. The summed E-state index contributed by atoms with van der Waals surface area (Å²) in [5, 5.41) is 3.14. The van der Waals surface area contributed by atoms with Gasteiger partial charge in [-0.3, -0.25) is 9.59 Å². The fraction of sp³-hybridized carbons (Fsp3) is 0.615. The van der Waals surface area contributed by atoms with Gasteiger partial charge in [-0.05, 0) is 73.5 Å². The number of carbonyl (C=O) groups excluding carboxylic acids is 2. The van der Waals surface area contributed by atoms with Crippen molar-refractivity contribution in [1.29, 1.82) is 0 Å². The molecule has 1 aromatic rings. The van der Waals surface area contributed by atoms with Crippen molar-refractivity contribution in [3.05, 3.63) is 42.0 Å². The number of amides is 2. The zero-order valence-electron chi connectivity index (χ0n) is 19.3. The highest BCUT2D eigenvalue weighted by Crippen LogP contribution is 2.33. The largest absolute Gasteiger partial charge is 0.344 e. The first-order valence-corrected chi connectivity index (χ1v) is 13.2. The van der Waals surface area contributed by atoms with Crippen molar-refractivity contribution < 1.29 is 9.59 Å². The Bertz CT molecular complexity index is 754. The Labute approximate surface area is 192 Å². The van der Waals surface area contributed by atoms with Crippen LogP contribution in [0.4, 0.5) is 0 Å². The van der Waals surface area contributed by atoms with Crippen molar-refractivity contribution in [1.82, 2.24) is 10.2 Å². The van der Waals surface area contributed by atoms with Crippen molar-refractivity contribution in [2.45, 2.75) is 58.4 Å². The Balaban J connectivity index is 1.58. The number of thioether (sulfide) groups is 1. The molecule has 0 radical (unpaired) electrons. The quantitative estimate of drug-likeness (QED) is 0.616. The molecule has 1 atom stereocenters. The van der Waals surface area contributed by atoms with Gasteiger partial charge in [-0.25, -0.2) is 0 Å². The zero-order chi connectivity index (χ0) is 22.2. The van der Waals surface area contributed by atoms with Crippen molar-refractivity contribution in [2.75, 3.05) is 25.1 Å². The normalized spacial score (nSPS) is 22.7. The highest BCUT2D eigenvalue weighted by molar-refractivity contribution is 7.98. The standard InChI is InChI=1S/C26H38N2O2S/c1-19(2)20-9-11-23(12-10-20)25(29)27-24(15-18-31-3)26(30)28-16-13-22(14-17-28)21-7-5-4-6-8-21/h4-8,13,19-20,23-24H,9-12,14-18H2,1-3H3,(H,27,29). The van der Waals surface area contributed by atoms with E-state index >= 15 is 0 Å². The molecule has 2 aliphatic rings. The number of hydrogen-bond donors (Lipinski definition) is 1. The molecule has 3 rings (SSSR count). The van der Waals surface area contributed by atoms with E-state index in [9.17, 15) is 9.59 Å². The number of carbonyl (C=O) groups is 2. The molecule has 1 aliphatic carbocycles. The molecule has 1 N–H and O–H groups in total. The highest BCUT2D eigenvalue weighted by Gasteiger charge is 2.32. The summed E-state index contributed by atoms with van der Waals surface area (Å²) in [5.41, 5.74) is 2.54.